The van der Waals surface area contributed by atoms with Crippen LogP contribution in [0.3, 0.4) is 0 Å². The monoisotopic (exact) mass is 267 g/mol. The van der Waals surface area contributed by atoms with Crippen molar-refractivity contribution in [1.82, 2.24) is 5.32 Å². The largest absolute Gasteiger partial charge is 0.508 e. The zero-order valence-electron chi connectivity index (χ0n) is 10.8. The summed E-state index contributed by atoms with van der Waals surface area (Å²) in [5.74, 6) is 2.34. The van der Waals surface area contributed by atoms with E-state index in [4.69, 9.17) is 4.74 Å². The number of phenolic OH excluding ortho intramolecular Hbond substituents is 1. The van der Waals surface area contributed by atoms with Gasteiger partial charge < -0.3 is 15.2 Å². The Balaban J connectivity index is 1.73. The number of ether oxygens (including phenoxy) is 1. The number of hydrogen-bond acceptors (Lipinski definition) is 4. The van der Waals surface area contributed by atoms with Crippen molar-refractivity contribution in [2.45, 2.75) is 25.3 Å². The second-order valence-electron chi connectivity index (χ2n) is 4.59. The lowest BCUT2D eigenvalue weighted by molar-refractivity contribution is 0.309. The molecule has 100 valence electrons. The molecule has 1 aromatic rings. The van der Waals surface area contributed by atoms with Gasteiger partial charge in [-0.15, -0.1) is 0 Å². The Bertz CT molecular complexity index is 384. The molecule has 1 heterocycles. The summed E-state index contributed by atoms with van der Waals surface area (Å²) >= 11 is 1.91. The molecule has 1 atom stereocenters. The van der Waals surface area contributed by atoms with Crippen LogP contribution in [0.4, 0.5) is 0 Å². The van der Waals surface area contributed by atoms with E-state index in [2.05, 4.69) is 11.6 Å². The average molecular weight is 267 g/mol. The molecule has 0 aliphatic carbocycles. The van der Waals surface area contributed by atoms with Crippen molar-refractivity contribution in [3.05, 3.63) is 23.8 Å². The van der Waals surface area contributed by atoms with E-state index in [0.717, 1.165) is 17.9 Å². The summed E-state index contributed by atoms with van der Waals surface area (Å²) in [7, 11) is 0. The summed E-state index contributed by atoms with van der Waals surface area (Å²) in [5, 5.41) is 12.9. The van der Waals surface area contributed by atoms with Crippen LogP contribution < -0.4 is 10.1 Å². The first-order valence-electron chi connectivity index (χ1n) is 6.49. The van der Waals surface area contributed by atoms with E-state index < -0.39 is 0 Å². The molecule has 0 bridgehead atoms. The van der Waals surface area contributed by atoms with E-state index in [1.165, 1.54) is 25.0 Å². The van der Waals surface area contributed by atoms with Crippen molar-refractivity contribution in [3.8, 4) is 11.5 Å². The number of nitrogens with one attached hydrogen (secondary N) is 1. The lowest BCUT2D eigenvalue weighted by atomic mass is 10.1. The maximum atomic E-state index is 9.38. The van der Waals surface area contributed by atoms with Gasteiger partial charge in [0.15, 0.2) is 0 Å². The Hall–Kier alpha value is -0.870. The van der Waals surface area contributed by atoms with Crippen LogP contribution in [0.25, 0.3) is 0 Å². The van der Waals surface area contributed by atoms with Crippen molar-refractivity contribution in [3.63, 3.8) is 0 Å². The third-order valence-corrected chi connectivity index (χ3v) is 3.89. The minimum atomic E-state index is 0.270. The van der Waals surface area contributed by atoms with Gasteiger partial charge in [-0.3, -0.25) is 0 Å². The molecule has 0 spiro atoms. The van der Waals surface area contributed by atoms with E-state index >= 15 is 0 Å². The Morgan fingerprint density at radius 1 is 1.39 bits per heavy atom. The normalized spacial score (nSPS) is 17.5. The summed E-state index contributed by atoms with van der Waals surface area (Å²) in [5.41, 5.74) is 1.16. The SMILES string of the molecule is CSCCCCCNC1COc2cc(O)ccc21. The highest BCUT2D eigenvalue weighted by atomic mass is 32.2. The molecule has 1 aliphatic rings. The summed E-state index contributed by atoms with van der Waals surface area (Å²) in [6.45, 7) is 1.70. The maximum Gasteiger partial charge on any atom is 0.127 e. The van der Waals surface area contributed by atoms with Crippen LogP contribution in [0.2, 0.25) is 0 Å². The topological polar surface area (TPSA) is 41.5 Å². The number of fused-ring (bicyclic) bond motifs is 1. The summed E-state index contributed by atoms with van der Waals surface area (Å²) in [4.78, 5) is 0. The van der Waals surface area contributed by atoms with E-state index in [9.17, 15) is 5.11 Å². The zero-order chi connectivity index (χ0) is 12.8. The fourth-order valence-corrected chi connectivity index (χ4v) is 2.68. The van der Waals surface area contributed by atoms with Crippen molar-refractivity contribution in [1.29, 1.82) is 0 Å². The van der Waals surface area contributed by atoms with Gasteiger partial charge in [0.1, 0.15) is 18.1 Å². The fraction of sp³-hybridized carbons (Fsp3) is 0.571. The number of thioether (sulfide) groups is 1. The van der Waals surface area contributed by atoms with Crippen molar-refractivity contribution < 1.29 is 9.84 Å². The van der Waals surface area contributed by atoms with Gasteiger partial charge in [0.2, 0.25) is 0 Å². The van der Waals surface area contributed by atoms with Gasteiger partial charge in [0.05, 0.1) is 6.04 Å². The first kappa shape index (κ1) is 13.6. The average Bonchev–Trinajstić information content (AvgIpc) is 2.76. The molecule has 0 saturated heterocycles. The quantitative estimate of drug-likeness (QED) is 0.745. The van der Waals surface area contributed by atoms with Gasteiger partial charge in [0, 0.05) is 11.6 Å². The van der Waals surface area contributed by atoms with Gasteiger partial charge in [-0.05, 0) is 43.5 Å². The highest BCUT2D eigenvalue weighted by Crippen LogP contribution is 2.34. The third-order valence-electron chi connectivity index (χ3n) is 3.19. The smallest absolute Gasteiger partial charge is 0.127 e. The van der Waals surface area contributed by atoms with Gasteiger partial charge in [-0.25, -0.2) is 0 Å². The van der Waals surface area contributed by atoms with Gasteiger partial charge in [0.25, 0.3) is 0 Å². The highest BCUT2D eigenvalue weighted by Gasteiger charge is 2.23. The van der Waals surface area contributed by atoms with Crippen LogP contribution in [0.15, 0.2) is 18.2 Å². The van der Waals surface area contributed by atoms with Crippen molar-refractivity contribution in [2.24, 2.45) is 0 Å². The molecule has 4 heteroatoms. The Morgan fingerprint density at radius 3 is 3.11 bits per heavy atom. The second kappa shape index (κ2) is 6.90. The van der Waals surface area contributed by atoms with Gasteiger partial charge in [-0.2, -0.15) is 11.8 Å². The molecule has 0 saturated carbocycles. The molecule has 0 fully saturated rings. The van der Waals surface area contributed by atoms with Crippen LogP contribution >= 0.6 is 11.8 Å². The van der Waals surface area contributed by atoms with Crippen LogP contribution in [0.5, 0.6) is 11.5 Å². The predicted molar refractivity (Wildman–Crippen MR) is 76.6 cm³/mol. The Kier molecular flexibility index (Phi) is 5.20. The fourth-order valence-electron chi connectivity index (χ4n) is 2.19. The van der Waals surface area contributed by atoms with E-state index in [0.29, 0.717) is 6.61 Å². The summed E-state index contributed by atoms with van der Waals surface area (Å²) in [6, 6.07) is 5.64. The van der Waals surface area contributed by atoms with Gasteiger partial charge in [-0.1, -0.05) is 6.42 Å². The zero-order valence-corrected chi connectivity index (χ0v) is 11.6. The number of phenols is 1. The molecule has 0 aromatic heterocycles. The van der Waals surface area contributed by atoms with Crippen molar-refractivity contribution in [2.75, 3.05) is 25.2 Å². The third kappa shape index (κ3) is 3.56. The minimum absolute atomic E-state index is 0.270. The van der Waals surface area contributed by atoms with Crippen molar-refractivity contribution >= 4 is 11.8 Å². The molecule has 0 amide bonds. The first-order valence-corrected chi connectivity index (χ1v) is 7.88. The standard InChI is InChI=1S/C14H21NO2S/c1-18-8-4-2-3-7-15-13-10-17-14-9-11(16)5-6-12(13)14/h5-6,9,13,15-16H,2-4,7-8,10H2,1H3. The number of unbranched alkanes of at least 4 members (excludes halogenated alkanes) is 2. The number of hydrogen-bond donors (Lipinski definition) is 2. The minimum Gasteiger partial charge on any atom is -0.508 e. The van der Waals surface area contributed by atoms with E-state index in [-0.39, 0.29) is 11.8 Å². The van der Waals surface area contributed by atoms with Crippen LogP contribution in [-0.2, 0) is 0 Å². The van der Waals surface area contributed by atoms with Crippen LogP contribution in [-0.4, -0.2) is 30.3 Å². The molecular formula is C14H21NO2S. The first-order chi connectivity index (χ1) is 8.81. The molecule has 1 aromatic carbocycles. The molecular weight excluding hydrogens is 246 g/mol. The lowest BCUT2D eigenvalue weighted by Crippen LogP contribution is -2.23. The molecule has 2 rings (SSSR count). The second-order valence-corrected chi connectivity index (χ2v) is 5.58. The number of aromatic hydroxyl groups is 1. The Labute approximate surface area is 113 Å². The lowest BCUT2D eigenvalue weighted by Gasteiger charge is -2.11. The molecule has 2 N–H and O–H groups in total. The Morgan fingerprint density at radius 2 is 2.28 bits per heavy atom. The molecule has 3 nitrogen and oxygen atoms in total. The van der Waals surface area contributed by atoms with Crippen LogP contribution in [0.1, 0.15) is 30.9 Å². The van der Waals surface area contributed by atoms with E-state index in [1.807, 2.05) is 17.8 Å². The number of benzene rings is 1. The van der Waals surface area contributed by atoms with Crippen LogP contribution in [0, 0.1) is 0 Å². The molecule has 1 aliphatic heterocycles. The van der Waals surface area contributed by atoms with E-state index in [1.54, 1.807) is 12.1 Å². The summed E-state index contributed by atoms with van der Waals surface area (Å²) < 4.78 is 5.56. The predicted octanol–water partition coefficient (Wildman–Crippen LogP) is 2.95. The molecule has 0 radical (unpaired) electrons. The molecule has 18 heavy (non-hydrogen) atoms. The van der Waals surface area contributed by atoms with Gasteiger partial charge >= 0.3 is 0 Å². The summed E-state index contributed by atoms with van der Waals surface area (Å²) in [6.07, 6.45) is 5.95. The highest BCUT2D eigenvalue weighted by molar-refractivity contribution is 7.98. The molecule has 1 unspecified atom stereocenters. The number of rotatable bonds is 7. The maximum absolute atomic E-state index is 9.38.